The molecule has 1 atom stereocenters. The van der Waals surface area contributed by atoms with Crippen LogP contribution in [0.25, 0.3) is 0 Å². The van der Waals surface area contributed by atoms with Crippen molar-refractivity contribution >= 4 is 26.0 Å². The van der Waals surface area contributed by atoms with E-state index in [0.29, 0.717) is 12.1 Å². The zero-order valence-corrected chi connectivity index (χ0v) is 14.5. The largest absolute Gasteiger partial charge is 0.297 e. The Labute approximate surface area is 139 Å². The summed E-state index contributed by atoms with van der Waals surface area (Å²) in [5, 5.41) is 0. The van der Waals surface area contributed by atoms with Gasteiger partial charge in [0.2, 0.25) is 0 Å². The van der Waals surface area contributed by atoms with Crippen LogP contribution in [0.3, 0.4) is 0 Å². The fraction of sp³-hybridized carbons (Fsp3) is 0.188. The van der Waals surface area contributed by atoms with Gasteiger partial charge in [-0.05, 0) is 37.6 Å². The van der Waals surface area contributed by atoms with Crippen molar-refractivity contribution in [1.29, 1.82) is 0 Å². The minimum Gasteiger partial charge on any atom is -0.258 e. The van der Waals surface area contributed by atoms with Gasteiger partial charge >= 0.3 is 0 Å². The van der Waals surface area contributed by atoms with Crippen LogP contribution in [0, 0.1) is 6.92 Å². The maximum Gasteiger partial charge on any atom is 0.297 e. The second-order valence-corrected chi connectivity index (χ2v) is 7.26. The summed E-state index contributed by atoms with van der Waals surface area (Å²) in [6.07, 6.45) is 2.84. The molecule has 1 aromatic heterocycles. The molecule has 4 nitrogen and oxygen atoms in total. The Kier molecular flexibility index (Phi) is 5.50. The molecular formula is C16H16BrNO3S. The summed E-state index contributed by atoms with van der Waals surface area (Å²) < 4.78 is 31.0. The van der Waals surface area contributed by atoms with E-state index in [0.717, 1.165) is 10.0 Å². The highest BCUT2D eigenvalue weighted by atomic mass is 79.9. The number of rotatable bonds is 6. The highest BCUT2D eigenvalue weighted by Gasteiger charge is 2.23. The van der Waals surface area contributed by atoms with E-state index in [1.54, 1.807) is 36.5 Å². The summed E-state index contributed by atoms with van der Waals surface area (Å²) in [7, 11) is -3.86. The monoisotopic (exact) mass is 381 g/mol. The number of aromatic nitrogens is 1. The molecule has 0 saturated carbocycles. The van der Waals surface area contributed by atoms with Crippen LogP contribution in [-0.4, -0.2) is 13.4 Å². The molecule has 116 valence electrons. The maximum absolute atomic E-state index is 12.4. The lowest BCUT2D eigenvalue weighted by Crippen LogP contribution is -2.13. The SMILES string of the molecule is C=CCC(OS(=O)(=O)c1ccc(C)cc1)c1cc(Br)ccn1. The zero-order valence-electron chi connectivity index (χ0n) is 12.1. The molecular weight excluding hydrogens is 366 g/mol. The Morgan fingerprint density at radius 3 is 2.59 bits per heavy atom. The second kappa shape index (κ2) is 7.17. The third-order valence-corrected chi connectivity index (χ3v) is 4.83. The molecule has 1 aromatic carbocycles. The Hall–Kier alpha value is -1.50. The average molecular weight is 382 g/mol. The molecule has 1 unspecified atom stereocenters. The normalized spacial score (nSPS) is 12.8. The lowest BCUT2D eigenvalue weighted by molar-refractivity contribution is 0.212. The molecule has 0 bridgehead atoms. The average Bonchev–Trinajstić information content (AvgIpc) is 2.47. The summed E-state index contributed by atoms with van der Waals surface area (Å²) in [6.45, 7) is 5.54. The van der Waals surface area contributed by atoms with E-state index in [2.05, 4.69) is 27.5 Å². The predicted molar refractivity (Wildman–Crippen MR) is 88.9 cm³/mol. The van der Waals surface area contributed by atoms with E-state index >= 15 is 0 Å². The smallest absolute Gasteiger partial charge is 0.258 e. The van der Waals surface area contributed by atoms with Gasteiger partial charge in [-0.2, -0.15) is 8.42 Å². The molecule has 0 saturated heterocycles. The van der Waals surface area contributed by atoms with Crippen molar-refractivity contribution < 1.29 is 12.6 Å². The molecule has 0 aliphatic carbocycles. The first-order chi connectivity index (χ1) is 10.4. The van der Waals surface area contributed by atoms with Gasteiger partial charge in [-0.3, -0.25) is 9.17 Å². The summed E-state index contributed by atoms with van der Waals surface area (Å²) in [5.74, 6) is 0. The van der Waals surface area contributed by atoms with Crippen LogP contribution in [0.2, 0.25) is 0 Å². The van der Waals surface area contributed by atoms with Crippen molar-refractivity contribution in [2.75, 3.05) is 0 Å². The van der Waals surface area contributed by atoms with E-state index in [1.807, 2.05) is 6.92 Å². The molecule has 2 rings (SSSR count). The Balaban J connectivity index is 2.30. The maximum atomic E-state index is 12.4. The molecule has 0 spiro atoms. The third kappa shape index (κ3) is 4.25. The Morgan fingerprint density at radius 1 is 1.32 bits per heavy atom. The van der Waals surface area contributed by atoms with Gasteiger partial charge in [0.05, 0.1) is 10.6 Å². The quantitative estimate of drug-likeness (QED) is 0.556. The van der Waals surface area contributed by atoms with Crippen LogP contribution < -0.4 is 0 Å². The van der Waals surface area contributed by atoms with Crippen molar-refractivity contribution in [2.45, 2.75) is 24.3 Å². The highest BCUT2D eigenvalue weighted by molar-refractivity contribution is 9.10. The Morgan fingerprint density at radius 2 is 2.00 bits per heavy atom. The molecule has 2 aromatic rings. The van der Waals surface area contributed by atoms with E-state index in [9.17, 15) is 8.42 Å². The zero-order chi connectivity index (χ0) is 16.2. The van der Waals surface area contributed by atoms with Gasteiger partial charge in [0, 0.05) is 10.7 Å². The molecule has 6 heteroatoms. The molecule has 22 heavy (non-hydrogen) atoms. The number of hydrogen-bond donors (Lipinski definition) is 0. The van der Waals surface area contributed by atoms with E-state index in [4.69, 9.17) is 4.18 Å². The summed E-state index contributed by atoms with van der Waals surface area (Å²) in [5.41, 5.74) is 1.51. The van der Waals surface area contributed by atoms with Crippen LogP contribution in [0.4, 0.5) is 0 Å². The second-order valence-electron chi connectivity index (χ2n) is 4.78. The number of pyridine rings is 1. The molecule has 0 fully saturated rings. The summed E-state index contributed by atoms with van der Waals surface area (Å²) in [4.78, 5) is 4.31. The van der Waals surface area contributed by atoms with Gasteiger partial charge in [0.15, 0.2) is 0 Å². The number of nitrogens with zero attached hydrogens (tertiary/aromatic N) is 1. The fourth-order valence-corrected chi connectivity index (χ4v) is 3.29. The standard InChI is InChI=1S/C16H16BrNO3S/c1-3-4-16(15-11-13(17)9-10-18-15)21-22(19,20)14-7-5-12(2)6-8-14/h3,5-11,16H,1,4H2,2H3. The molecule has 0 aliphatic heterocycles. The van der Waals surface area contributed by atoms with Crippen LogP contribution in [0.15, 0.2) is 64.6 Å². The highest BCUT2D eigenvalue weighted by Crippen LogP contribution is 2.27. The first-order valence-corrected chi connectivity index (χ1v) is 8.85. The molecule has 1 heterocycles. The minimum absolute atomic E-state index is 0.127. The lowest BCUT2D eigenvalue weighted by atomic mass is 10.2. The van der Waals surface area contributed by atoms with Gasteiger partial charge in [0.25, 0.3) is 10.1 Å². The van der Waals surface area contributed by atoms with Crippen molar-refractivity contribution in [3.05, 3.63) is 71.0 Å². The third-order valence-electron chi connectivity index (χ3n) is 3.01. The van der Waals surface area contributed by atoms with E-state index < -0.39 is 16.2 Å². The van der Waals surface area contributed by atoms with Crippen molar-refractivity contribution in [3.63, 3.8) is 0 Å². The first-order valence-electron chi connectivity index (χ1n) is 6.64. The molecule has 0 N–H and O–H groups in total. The number of benzene rings is 1. The van der Waals surface area contributed by atoms with Gasteiger partial charge in [0.1, 0.15) is 6.10 Å². The van der Waals surface area contributed by atoms with Crippen molar-refractivity contribution in [3.8, 4) is 0 Å². The molecule has 0 amide bonds. The lowest BCUT2D eigenvalue weighted by Gasteiger charge is -2.16. The van der Waals surface area contributed by atoms with Crippen molar-refractivity contribution in [1.82, 2.24) is 4.98 Å². The van der Waals surface area contributed by atoms with Crippen LogP contribution in [0.5, 0.6) is 0 Å². The Bertz CT molecular complexity index is 757. The topological polar surface area (TPSA) is 56.3 Å². The number of halogens is 1. The van der Waals surface area contributed by atoms with Crippen molar-refractivity contribution in [2.24, 2.45) is 0 Å². The summed E-state index contributed by atoms with van der Waals surface area (Å²) in [6, 6.07) is 10.0. The van der Waals surface area contributed by atoms with E-state index in [-0.39, 0.29) is 4.90 Å². The predicted octanol–water partition coefficient (Wildman–Crippen LogP) is 4.18. The van der Waals surface area contributed by atoms with Crippen LogP contribution in [-0.2, 0) is 14.3 Å². The van der Waals surface area contributed by atoms with Gasteiger partial charge in [-0.25, -0.2) is 0 Å². The molecule has 0 radical (unpaired) electrons. The fourth-order valence-electron chi connectivity index (χ4n) is 1.87. The van der Waals surface area contributed by atoms with Gasteiger partial charge in [-0.15, -0.1) is 6.58 Å². The number of aryl methyl sites for hydroxylation is 1. The van der Waals surface area contributed by atoms with Gasteiger partial charge in [-0.1, -0.05) is 39.7 Å². The van der Waals surface area contributed by atoms with Crippen LogP contribution >= 0.6 is 15.9 Å². The first kappa shape index (κ1) is 16.9. The summed E-state index contributed by atoms with van der Waals surface area (Å²) >= 11 is 3.34. The minimum atomic E-state index is -3.86. The van der Waals surface area contributed by atoms with E-state index in [1.165, 1.54) is 12.1 Å². The van der Waals surface area contributed by atoms with Gasteiger partial charge < -0.3 is 0 Å². The van der Waals surface area contributed by atoms with Crippen LogP contribution in [0.1, 0.15) is 23.8 Å². The number of hydrogen-bond acceptors (Lipinski definition) is 4. The molecule has 0 aliphatic rings.